The van der Waals surface area contributed by atoms with E-state index in [2.05, 4.69) is 45.8 Å². The zero-order valence-corrected chi connectivity index (χ0v) is 12.5. The Labute approximate surface area is 135 Å². The second kappa shape index (κ2) is 6.74. The van der Waals surface area contributed by atoms with Crippen LogP contribution in [0.4, 0.5) is 5.69 Å². The molecule has 0 saturated heterocycles. The molecule has 2 aromatic rings. The number of hydrogen-bond acceptors (Lipinski definition) is 5. The van der Waals surface area contributed by atoms with Crippen LogP contribution in [0.3, 0.4) is 0 Å². The van der Waals surface area contributed by atoms with Gasteiger partial charge in [0.1, 0.15) is 12.1 Å². The van der Waals surface area contributed by atoms with Gasteiger partial charge in [-0.3, -0.25) is 10.3 Å². The maximum Gasteiger partial charge on any atom is 0.237 e. The number of nitrogens with one attached hydrogen (secondary N) is 1. The SMILES string of the molecule is N#CC(C#N)=NNc1ccc2c(c1)CN(Cc1ccccc1)C2. The summed E-state index contributed by atoms with van der Waals surface area (Å²) in [7, 11) is 0. The van der Waals surface area contributed by atoms with Crippen molar-refractivity contribution in [3.05, 3.63) is 65.2 Å². The number of hydrazone groups is 1. The lowest BCUT2D eigenvalue weighted by Crippen LogP contribution is -2.15. The highest BCUT2D eigenvalue weighted by Gasteiger charge is 2.19. The quantitative estimate of drug-likeness (QED) is 0.695. The molecule has 0 bridgehead atoms. The summed E-state index contributed by atoms with van der Waals surface area (Å²) < 4.78 is 0. The molecule has 3 rings (SSSR count). The van der Waals surface area contributed by atoms with Gasteiger partial charge in [-0.05, 0) is 28.8 Å². The Balaban J connectivity index is 1.68. The van der Waals surface area contributed by atoms with Crippen molar-refractivity contribution in [2.75, 3.05) is 5.43 Å². The van der Waals surface area contributed by atoms with E-state index in [1.807, 2.05) is 18.2 Å². The number of anilines is 1. The Morgan fingerprint density at radius 1 is 1.04 bits per heavy atom. The van der Waals surface area contributed by atoms with Gasteiger partial charge in [0.05, 0.1) is 5.69 Å². The van der Waals surface area contributed by atoms with Crippen LogP contribution in [0, 0.1) is 22.7 Å². The van der Waals surface area contributed by atoms with Crippen LogP contribution in [0.5, 0.6) is 0 Å². The van der Waals surface area contributed by atoms with Gasteiger partial charge in [-0.2, -0.15) is 15.6 Å². The minimum absolute atomic E-state index is 0.184. The van der Waals surface area contributed by atoms with Crippen LogP contribution in [0.1, 0.15) is 16.7 Å². The van der Waals surface area contributed by atoms with E-state index in [1.165, 1.54) is 16.7 Å². The molecule has 0 aromatic heterocycles. The fourth-order valence-corrected chi connectivity index (χ4v) is 2.68. The summed E-state index contributed by atoms with van der Waals surface area (Å²) in [6, 6.07) is 19.9. The van der Waals surface area contributed by atoms with Gasteiger partial charge in [-0.25, -0.2) is 0 Å². The van der Waals surface area contributed by atoms with Crippen LogP contribution in [0.2, 0.25) is 0 Å². The number of hydrogen-bond donors (Lipinski definition) is 1. The highest BCUT2D eigenvalue weighted by molar-refractivity contribution is 6.10. The van der Waals surface area contributed by atoms with Crippen molar-refractivity contribution in [3.8, 4) is 12.1 Å². The van der Waals surface area contributed by atoms with E-state index >= 15 is 0 Å². The van der Waals surface area contributed by atoms with Crippen molar-refractivity contribution in [1.82, 2.24) is 4.90 Å². The first kappa shape index (κ1) is 14.8. The largest absolute Gasteiger partial charge is 0.291 e. The fourth-order valence-electron chi connectivity index (χ4n) is 2.68. The molecule has 5 nitrogen and oxygen atoms in total. The molecule has 2 aromatic carbocycles. The van der Waals surface area contributed by atoms with Crippen LogP contribution in [-0.2, 0) is 19.6 Å². The maximum absolute atomic E-state index is 8.68. The van der Waals surface area contributed by atoms with Crippen LogP contribution in [-0.4, -0.2) is 10.6 Å². The van der Waals surface area contributed by atoms with Crippen molar-refractivity contribution in [1.29, 1.82) is 10.5 Å². The van der Waals surface area contributed by atoms with Crippen molar-refractivity contribution in [2.45, 2.75) is 19.6 Å². The first-order valence-corrected chi connectivity index (χ1v) is 7.30. The predicted octanol–water partition coefficient (Wildman–Crippen LogP) is 3.02. The lowest BCUT2D eigenvalue weighted by molar-refractivity contribution is 0.275. The molecule has 1 aliphatic rings. The Morgan fingerprint density at radius 3 is 2.52 bits per heavy atom. The van der Waals surface area contributed by atoms with Gasteiger partial charge < -0.3 is 0 Å². The highest BCUT2D eigenvalue weighted by Crippen LogP contribution is 2.27. The summed E-state index contributed by atoms with van der Waals surface area (Å²) >= 11 is 0. The number of fused-ring (bicyclic) bond motifs is 1. The van der Waals surface area contributed by atoms with Gasteiger partial charge in [0.25, 0.3) is 0 Å². The second-order valence-electron chi connectivity index (χ2n) is 5.41. The smallest absolute Gasteiger partial charge is 0.237 e. The molecular formula is C18H15N5. The molecule has 0 saturated carbocycles. The normalized spacial score (nSPS) is 12.8. The number of benzene rings is 2. The third-order valence-corrected chi connectivity index (χ3v) is 3.75. The molecule has 1 aliphatic heterocycles. The standard InChI is InChI=1S/C18H15N5/c19-9-18(10-20)22-21-17-7-6-15-12-23(13-16(15)8-17)11-14-4-2-1-3-5-14/h1-8,21H,11-13H2. The average molecular weight is 301 g/mol. The van der Waals surface area contributed by atoms with Crippen molar-refractivity contribution in [3.63, 3.8) is 0 Å². The Morgan fingerprint density at radius 2 is 1.78 bits per heavy atom. The van der Waals surface area contributed by atoms with Crippen LogP contribution < -0.4 is 5.43 Å². The summed E-state index contributed by atoms with van der Waals surface area (Å²) in [4.78, 5) is 2.38. The van der Waals surface area contributed by atoms with E-state index in [0.717, 1.165) is 25.3 Å². The van der Waals surface area contributed by atoms with Crippen LogP contribution in [0.25, 0.3) is 0 Å². The molecular weight excluding hydrogens is 286 g/mol. The average Bonchev–Trinajstić information content (AvgIpc) is 2.98. The molecule has 0 aliphatic carbocycles. The van der Waals surface area contributed by atoms with E-state index in [4.69, 9.17) is 10.5 Å². The molecule has 5 heteroatoms. The van der Waals surface area contributed by atoms with Crippen LogP contribution >= 0.6 is 0 Å². The predicted molar refractivity (Wildman–Crippen MR) is 88.1 cm³/mol. The molecule has 112 valence electrons. The summed E-state index contributed by atoms with van der Waals surface area (Å²) in [5.74, 6) is 0. The van der Waals surface area contributed by atoms with E-state index < -0.39 is 0 Å². The third-order valence-electron chi connectivity index (χ3n) is 3.75. The van der Waals surface area contributed by atoms with Gasteiger partial charge in [0, 0.05) is 19.6 Å². The fraction of sp³-hybridized carbons (Fsp3) is 0.167. The Kier molecular flexibility index (Phi) is 4.33. The zero-order chi connectivity index (χ0) is 16.1. The van der Waals surface area contributed by atoms with E-state index in [1.54, 1.807) is 12.1 Å². The second-order valence-corrected chi connectivity index (χ2v) is 5.41. The summed E-state index contributed by atoms with van der Waals surface area (Å²) in [6.07, 6.45) is 0. The monoisotopic (exact) mass is 301 g/mol. The van der Waals surface area contributed by atoms with Crippen LogP contribution in [0.15, 0.2) is 53.6 Å². The lowest BCUT2D eigenvalue weighted by Gasteiger charge is -2.14. The molecule has 0 amide bonds. The van der Waals surface area contributed by atoms with E-state index in [-0.39, 0.29) is 5.71 Å². The molecule has 0 spiro atoms. The number of nitriles is 2. The maximum atomic E-state index is 8.68. The van der Waals surface area contributed by atoms with Gasteiger partial charge in [-0.1, -0.05) is 36.4 Å². The van der Waals surface area contributed by atoms with Gasteiger partial charge in [-0.15, -0.1) is 0 Å². The third kappa shape index (κ3) is 3.55. The van der Waals surface area contributed by atoms with Gasteiger partial charge in [0.15, 0.2) is 0 Å². The molecule has 1 N–H and O–H groups in total. The van der Waals surface area contributed by atoms with E-state index in [0.29, 0.717) is 0 Å². The first-order chi connectivity index (χ1) is 11.3. The van der Waals surface area contributed by atoms with Gasteiger partial charge >= 0.3 is 0 Å². The lowest BCUT2D eigenvalue weighted by atomic mass is 10.1. The molecule has 0 unspecified atom stereocenters. The Hall–Kier alpha value is -3.15. The molecule has 0 radical (unpaired) electrons. The highest BCUT2D eigenvalue weighted by atomic mass is 15.3. The number of nitrogens with zero attached hydrogens (tertiary/aromatic N) is 4. The Bertz CT molecular complexity index is 796. The van der Waals surface area contributed by atoms with Crippen molar-refractivity contribution in [2.24, 2.45) is 5.10 Å². The van der Waals surface area contributed by atoms with E-state index in [9.17, 15) is 0 Å². The minimum atomic E-state index is -0.184. The van der Waals surface area contributed by atoms with Crippen molar-refractivity contribution >= 4 is 11.4 Å². The molecule has 0 atom stereocenters. The first-order valence-electron chi connectivity index (χ1n) is 7.30. The summed E-state index contributed by atoms with van der Waals surface area (Å²) in [6.45, 7) is 2.73. The number of rotatable bonds is 4. The minimum Gasteiger partial charge on any atom is -0.291 e. The summed E-state index contributed by atoms with van der Waals surface area (Å²) in [5.41, 5.74) is 7.22. The van der Waals surface area contributed by atoms with Gasteiger partial charge in [0.2, 0.25) is 5.71 Å². The molecule has 23 heavy (non-hydrogen) atoms. The summed E-state index contributed by atoms with van der Waals surface area (Å²) in [5, 5.41) is 21.1. The topological polar surface area (TPSA) is 75.2 Å². The molecule has 1 heterocycles. The molecule has 0 fully saturated rings. The zero-order valence-electron chi connectivity index (χ0n) is 12.5. The van der Waals surface area contributed by atoms with Crippen molar-refractivity contribution < 1.29 is 0 Å².